The van der Waals surface area contributed by atoms with E-state index in [2.05, 4.69) is 10.5 Å². The number of aliphatic carboxylic acids is 1. The van der Waals surface area contributed by atoms with Gasteiger partial charge in [0.25, 0.3) is 5.69 Å². The van der Waals surface area contributed by atoms with Gasteiger partial charge in [-0.1, -0.05) is 30.3 Å². The Kier molecular flexibility index (Phi) is 5.03. The van der Waals surface area contributed by atoms with Crippen LogP contribution in [-0.2, 0) is 10.2 Å². The standard InChI is InChI=1S/C18H16N4O6/c23-17(24)18(12-4-2-1-3-5-12)9-8-13(11-18)19-20-15-7-6-14(21(25)26)10-16(15)22(27)28/h1-7,10,20H,8-9,11H2,(H,23,24)/b19-13-/t18-/m0/s1. The molecular weight excluding hydrogens is 368 g/mol. The third kappa shape index (κ3) is 3.52. The van der Waals surface area contributed by atoms with Crippen molar-refractivity contribution in [2.45, 2.75) is 24.7 Å². The van der Waals surface area contributed by atoms with Gasteiger partial charge in [-0.3, -0.25) is 30.4 Å². The minimum absolute atomic E-state index is 0.00404. The SMILES string of the molecule is O=C(O)[C@@]1(c2ccccc2)CC/C(=N/Nc2ccc([N+](=O)[O-])cc2[N+](=O)[O-])C1. The third-order valence-corrected chi connectivity index (χ3v) is 4.81. The van der Waals surface area contributed by atoms with Crippen molar-refractivity contribution in [3.8, 4) is 0 Å². The van der Waals surface area contributed by atoms with Crippen LogP contribution >= 0.6 is 0 Å². The third-order valence-electron chi connectivity index (χ3n) is 4.81. The van der Waals surface area contributed by atoms with E-state index in [-0.39, 0.29) is 12.1 Å². The largest absolute Gasteiger partial charge is 0.481 e. The van der Waals surface area contributed by atoms with Crippen molar-refractivity contribution in [3.05, 3.63) is 74.3 Å². The Morgan fingerprint density at radius 3 is 2.43 bits per heavy atom. The summed E-state index contributed by atoms with van der Waals surface area (Å²) in [6.07, 6.45) is 0.935. The van der Waals surface area contributed by atoms with E-state index in [1.807, 2.05) is 0 Å². The molecule has 1 atom stereocenters. The van der Waals surface area contributed by atoms with Crippen molar-refractivity contribution in [2.75, 3.05) is 5.43 Å². The molecule has 0 radical (unpaired) electrons. The number of hydrogen-bond donors (Lipinski definition) is 2. The van der Waals surface area contributed by atoms with Crippen molar-refractivity contribution < 1.29 is 19.7 Å². The number of carboxylic acid groups (broad SMARTS) is 1. The molecule has 1 aliphatic rings. The molecule has 0 aliphatic heterocycles. The molecule has 0 amide bonds. The molecule has 2 aromatic rings. The number of nitro benzene ring substituents is 2. The number of anilines is 1. The summed E-state index contributed by atoms with van der Waals surface area (Å²) in [5.41, 5.74) is 1.81. The van der Waals surface area contributed by atoms with Crippen molar-refractivity contribution in [1.29, 1.82) is 0 Å². The second-order valence-corrected chi connectivity index (χ2v) is 6.44. The number of hydrazone groups is 1. The molecule has 0 aromatic heterocycles. The summed E-state index contributed by atoms with van der Waals surface area (Å²) >= 11 is 0. The number of carbonyl (C=O) groups is 1. The summed E-state index contributed by atoms with van der Waals surface area (Å²) in [6, 6.07) is 12.0. The number of hydrogen-bond acceptors (Lipinski definition) is 7. The molecule has 144 valence electrons. The fourth-order valence-corrected chi connectivity index (χ4v) is 3.31. The van der Waals surface area contributed by atoms with E-state index in [4.69, 9.17) is 0 Å². The summed E-state index contributed by atoms with van der Waals surface area (Å²) in [5, 5.41) is 35.9. The monoisotopic (exact) mass is 384 g/mol. The molecule has 0 bridgehead atoms. The summed E-state index contributed by atoms with van der Waals surface area (Å²) in [4.78, 5) is 32.5. The summed E-state index contributed by atoms with van der Waals surface area (Å²) in [5.74, 6) is -0.954. The first-order chi connectivity index (χ1) is 13.3. The number of carboxylic acids is 1. The molecule has 0 spiro atoms. The molecule has 10 heteroatoms. The fraction of sp³-hybridized carbons (Fsp3) is 0.222. The minimum Gasteiger partial charge on any atom is -0.481 e. The van der Waals surface area contributed by atoms with Crippen LogP contribution in [0.5, 0.6) is 0 Å². The van der Waals surface area contributed by atoms with Crippen molar-refractivity contribution in [1.82, 2.24) is 0 Å². The Hall–Kier alpha value is -3.82. The molecule has 0 saturated heterocycles. The number of non-ortho nitro benzene ring substituents is 1. The van der Waals surface area contributed by atoms with E-state index in [1.54, 1.807) is 30.3 Å². The Balaban J connectivity index is 1.86. The lowest BCUT2D eigenvalue weighted by Crippen LogP contribution is -2.33. The Morgan fingerprint density at radius 1 is 1.11 bits per heavy atom. The van der Waals surface area contributed by atoms with Crippen LogP contribution in [0.3, 0.4) is 0 Å². The first-order valence-electron chi connectivity index (χ1n) is 8.37. The Bertz CT molecular complexity index is 975. The van der Waals surface area contributed by atoms with Crippen LogP contribution in [0.25, 0.3) is 0 Å². The van der Waals surface area contributed by atoms with Crippen LogP contribution in [-0.4, -0.2) is 26.6 Å². The molecule has 1 aliphatic carbocycles. The number of nitro groups is 2. The number of nitrogens with zero attached hydrogens (tertiary/aromatic N) is 3. The van der Waals surface area contributed by atoms with Gasteiger partial charge < -0.3 is 5.11 Å². The highest BCUT2D eigenvalue weighted by atomic mass is 16.6. The van der Waals surface area contributed by atoms with E-state index in [9.17, 15) is 30.1 Å². The maximum Gasteiger partial charge on any atom is 0.314 e. The van der Waals surface area contributed by atoms with Crippen LogP contribution in [0.1, 0.15) is 24.8 Å². The van der Waals surface area contributed by atoms with Gasteiger partial charge in [0.05, 0.1) is 21.3 Å². The van der Waals surface area contributed by atoms with Crippen molar-refractivity contribution >= 4 is 28.7 Å². The van der Waals surface area contributed by atoms with Gasteiger partial charge in [0.1, 0.15) is 5.69 Å². The van der Waals surface area contributed by atoms with Crippen molar-refractivity contribution in [2.24, 2.45) is 5.10 Å². The predicted octanol–water partition coefficient (Wildman–Crippen LogP) is 3.48. The quantitative estimate of drug-likeness (QED) is 0.572. The predicted molar refractivity (Wildman–Crippen MR) is 100 cm³/mol. The average molecular weight is 384 g/mol. The molecule has 28 heavy (non-hydrogen) atoms. The van der Waals surface area contributed by atoms with E-state index < -0.39 is 32.6 Å². The van der Waals surface area contributed by atoms with Gasteiger partial charge in [-0.15, -0.1) is 0 Å². The zero-order chi connectivity index (χ0) is 20.3. The fourth-order valence-electron chi connectivity index (χ4n) is 3.31. The van der Waals surface area contributed by atoms with Gasteiger partial charge in [-0.05, 0) is 24.5 Å². The van der Waals surface area contributed by atoms with Gasteiger partial charge >= 0.3 is 11.7 Å². The zero-order valence-corrected chi connectivity index (χ0v) is 14.6. The number of nitrogens with one attached hydrogen (secondary N) is 1. The molecule has 2 aromatic carbocycles. The minimum atomic E-state index is -1.09. The topological polar surface area (TPSA) is 148 Å². The molecule has 1 fully saturated rings. The highest BCUT2D eigenvalue weighted by Crippen LogP contribution is 2.40. The van der Waals surface area contributed by atoms with Gasteiger partial charge in [-0.25, -0.2) is 0 Å². The van der Waals surface area contributed by atoms with Crippen molar-refractivity contribution in [3.63, 3.8) is 0 Å². The van der Waals surface area contributed by atoms with E-state index in [1.165, 1.54) is 6.07 Å². The molecule has 1 saturated carbocycles. The second-order valence-electron chi connectivity index (χ2n) is 6.44. The van der Waals surface area contributed by atoms with E-state index >= 15 is 0 Å². The first kappa shape index (κ1) is 19.0. The first-order valence-corrected chi connectivity index (χ1v) is 8.37. The molecule has 0 heterocycles. The maximum atomic E-state index is 12.0. The zero-order valence-electron chi connectivity index (χ0n) is 14.6. The molecular formula is C18H16N4O6. The van der Waals surface area contributed by atoms with Crippen LogP contribution in [0.4, 0.5) is 17.1 Å². The highest BCUT2D eigenvalue weighted by molar-refractivity contribution is 5.97. The molecule has 3 rings (SSSR count). The van der Waals surface area contributed by atoms with E-state index in [0.717, 1.165) is 12.1 Å². The number of rotatable bonds is 6. The molecule has 10 nitrogen and oxygen atoms in total. The summed E-state index contributed by atoms with van der Waals surface area (Å²) < 4.78 is 0. The summed E-state index contributed by atoms with van der Waals surface area (Å²) in [7, 11) is 0. The highest BCUT2D eigenvalue weighted by Gasteiger charge is 2.45. The van der Waals surface area contributed by atoms with Gasteiger partial charge in [-0.2, -0.15) is 5.10 Å². The van der Waals surface area contributed by atoms with Gasteiger partial charge in [0.2, 0.25) is 0 Å². The summed E-state index contributed by atoms with van der Waals surface area (Å²) in [6.45, 7) is 0. The lowest BCUT2D eigenvalue weighted by atomic mass is 9.79. The normalized spacial score (nSPS) is 20.1. The second kappa shape index (κ2) is 7.43. The average Bonchev–Trinajstić information content (AvgIpc) is 3.12. The smallest absolute Gasteiger partial charge is 0.314 e. The lowest BCUT2D eigenvalue weighted by Gasteiger charge is -2.23. The van der Waals surface area contributed by atoms with Gasteiger partial charge in [0.15, 0.2) is 0 Å². The maximum absolute atomic E-state index is 12.0. The van der Waals surface area contributed by atoms with Gasteiger partial charge in [0, 0.05) is 18.2 Å². The van der Waals surface area contributed by atoms with Crippen LogP contribution in [0.2, 0.25) is 0 Å². The van der Waals surface area contributed by atoms with Crippen LogP contribution < -0.4 is 5.43 Å². The van der Waals surface area contributed by atoms with Crippen LogP contribution in [0, 0.1) is 20.2 Å². The Morgan fingerprint density at radius 2 is 1.82 bits per heavy atom. The Labute approximate surface area is 158 Å². The molecule has 0 unspecified atom stereocenters. The van der Waals surface area contributed by atoms with E-state index in [0.29, 0.717) is 24.1 Å². The van der Waals surface area contributed by atoms with Crippen LogP contribution in [0.15, 0.2) is 53.6 Å². The lowest BCUT2D eigenvalue weighted by molar-refractivity contribution is -0.393. The number of benzene rings is 2. The molecule has 2 N–H and O–H groups in total.